The van der Waals surface area contributed by atoms with E-state index < -0.39 is 0 Å². The van der Waals surface area contributed by atoms with Crippen molar-refractivity contribution in [3.8, 4) is 0 Å². The van der Waals surface area contributed by atoms with Gasteiger partial charge in [-0.3, -0.25) is 4.79 Å². The summed E-state index contributed by atoms with van der Waals surface area (Å²) in [5.41, 5.74) is 2.16. The highest BCUT2D eigenvalue weighted by molar-refractivity contribution is 5.89. The molecule has 2 N–H and O–H groups in total. The Kier molecular flexibility index (Phi) is 2.88. The highest BCUT2D eigenvalue weighted by Gasteiger charge is 2.20. The second-order valence-electron chi connectivity index (χ2n) is 4.62. The Balaban J connectivity index is 1.80. The number of nitrogens with zero attached hydrogens (tertiary/aromatic N) is 2. The normalized spacial score (nSPS) is 17.0. The van der Waals surface area contributed by atoms with Gasteiger partial charge in [-0.15, -0.1) is 0 Å². The summed E-state index contributed by atoms with van der Waals surface area (Å²) in [6, 6.07) is 4.44. The number of carbonyl (C=O) groups is 1. The molecule has 94 valence electrons. The van der Waals surface area contributed by atoms with Gasteiger partial charge in [-0.1, -0.05) is 0 Å². The van der Waals surface area contributed by atoms with Crippen LogP contribution < -0.4 is 10.2 Å². The van der Waals surface area contributed by atoms with Crippen molar-refractivity contribution >= 4 is 23.1 Å². The van der Waals surface area contributed by atoms with Crippen LogP contribution in [0.5, 0.6) is 0 Å². The molecule has 1 aliphatic heterocycles. The number of anilines is 1. The summed E-state index contributed by atoms with van der Waals surface area (Å²) in [6.45, 7) is 1.94. The predicted octanol–water partition coefficient (Wildman–Crippen LogP) is 1.28. The zero-order chi connectivity index (χ0) is 12.4. The van der Waals surface area contributed by atoms with Gasteiger partial charge in [0.15, 0.2) is 0 Å². The molecule has 0 radical (unpaired) electrons. The molecule has 0 bridgehead atoms. The molecule has 1 aliphatic rings. The van der Waals surface area contributed by atoms with Gasteiger partial charge in [0.1, 0.15) is 5.65 Å². The van der Waals surface area contributed by atoms with Crippen LogP contribution in [-0.2, 0) is 4.79 Å². The number of aromatic amines is 1. The Hall–Kier alpha value is -2.04. The zero-order valence-electron chi connectivity index (χ0n) is 10.1. The van der Waals surface area contributed by atoms with E-state index in [0.717, 1.165) is 38.0 Å². The van der Waals surface area contributed by atoms with Crippen molar-refractivity contribution in [2.45, 2.75) is 18.9 Å². The number of amides is 1. The number of fused-ring (bicyclic) bond motifs is 1. The maximum Gasteiger partial charge on any atom is 0.207 e. The fourth-order valence-electron chi connectivity index (χ4n) is 2.61. The van der Waals surface area contributed by atoms with Crippen LogP contribution in [-0.4, -0.2) is 35.5 Å². The van der Waals surface area contributed by atoms with Crippen LogP contribution in [0, 0.1) is 0 Å². The molecule has 18 heavy (non-hydrogen) atoms. The van der Waals surface area contributed by atoms with E-state index in [2.05, 4.69) is 32.3 Å². The Morgan fingerprint density at radius 3 is 3.00 bits per heavy atom. The topological polar surface area (TPSA) is 61.0 Å². The fourth-order valence-corrected chi connectivity index (χ4v) is 2.61. The van der Waals surface area contributed by atoms with Crippen LogP contribution >= 0.6 is 0 Å². The van der Waals surface area contributed by atoms with Crippen molar-refractivity contribution in [3.05, 3.63) is 24.5 Å². The SMILES string of the molecule is O=CNC1CCN(c2ccnc3[nH]ccc23)CC1. The maximum absolute atomic E-state index is 10.4. The molecule has 5 nitrogen and oxygen atoms in total. The van der Waals surface area contributed by atoms with E-state index in [4.69, 9.17) is 0 Å². The molecular weight excluding hydrogens is 228 g/mol. The molecule has 1 saturated heterocycles. The molecule has 1 amide bonds. The molecule has 0 saturated carbocycles. The summed E-state index contributed by atoms with van der Waals surface area (Å²) in [5, 5.41) is 4.03. The number of hydrogen-bond acceptors (Lipinski definition) is 3. The summed E-state index contributed by atoms with van der Waals surface area (Å²) in [7, 11) is 0. The first kappa shape index (κ1) is 11.1. The van der Waals surface area contributed by atoms with Gasteiger partial charge in [-0.2, -0.15) is 0 Å². The third kappa shape index (κ3) is 1.92. The average Bonchev–Trinajstić information content (AvgIpc) is 2.88. The molecule has 0 atom stereocenters. The maximum atomic E-state index is 10.4. The van der Waals surface area contributed by atoms with Gasteiger partial charge in [-0.25, -0.2) is 4.98 Å². The van der Waals surface area contributed by atoms with Gasteiger partial charge < -0.3 is 15.2 Å². The van der Waals surface area contributed by atoms with Crippen molar-refractivity contribution in [2.24, 2.45) is 0 Å². The standard InChI is InChI=1S/C13H16N4O/c18-9-16-10-3-7-17(8-4-10)12-2-6-15-13-11(12)1-5-14-13/h1-2,5-6,9-10H,3-4,7-8H2,(H,14,15)(H,16,18). The lowest BCUT2D eigenvalue weighted by Gasteiger charge is -2.33. The summed E-state index contributed by atoms with van der Waals surface area (Å²) in [5.74, 6) is 0. The Labute approximate surface area is 105 Å². The molecule has 5 heteroatoms. The number of hydrogen-bond donors (Lipinski definition) is 2. The minimum absolute atomic E-state index is 0.322. The first-order valence-electron chi connectivity index (χ1n) is 6.25. The van der Waals surface area contributed by atoms with Gasteiger partial charge in [0, 0.05) is 42.6 Å². The fraction of sp³-hybridized carbons (Fsp3) is 0.385. The number of piperidine rings is 1. The monoisotopic (exact) mass is 244 g/mol. The van der Waals surface area contributed by atoms with Crippen LogP contribution in [0.25, 0.3) is 11.0 Å². The number of pyridine rings is 1. The highest BCUT2D eigenvalue weighted by Crippen LogP contribution is 2.27. The number of rotatable bonds is 3. The molecule has 1 fully saturated rings. The van der Waals surface area contributed by atoms with Gasteiger partial charge in [0.25, 0.3) is 0 Å². The lowest BCUT2D eigenvalue weighted by molar-refractivity contribution is -0.110. The van der Waals surface area contributed by atoms with Crippen molar-refractivity contribution < 1.29 is 4.79 Å². The van der Waals surface area contributed by atoms with E-state index >= 15 is 0 Å². The second kappa shape index (κ2) is 4.68. The van der Waals surface area contributed by atoms with E-state index in [1.54, 1.807) is 0 Å². The van der Waals surface area contributed by atoms with Gasteiger partial charge >= 0.3 is 0 Å². The minimum atomic E-state index is 0.322. The molecule has 2 aromatic rings. The molecule has 0 aliphatic carbocycles. The van der Waals surface area contributed by atoms with Crippen LogP contribution in [0.2, 0.25) is 0 Å². The largest absolute Gasteiger partial charge is 0.371 e. The number of nitrogens with one attached hydrogen (secondary N) is 2. The van der Waals surface area contributed by atoms with Crippen molar-refractivity contribution in [1.82, 2.24) is 15.3 Å². The number of aromatic nitrogens is 2. The molecule has 3 rings (SSSR count). The van der Waals surface area contributed by atoms with Crippen molar-refractivity contribution in [2.75, 3.05) is 18.0 Å². The summed E-state index contributed by atoms with van der Waals surface area (Å²) in [6.07, 6.45) is 6.54. The molecular formula is C13H16N4O. The van der Waals surface area contributed by atoms with Crippen LogP contribution in [0.1, 0.15) is 12.8 Å². The Bertz CT molecular complexity index is 543. The van der Waals surface area contributed by atoms with E-state index in [1.807, 2.05) is 12.4 Å². The van der Waals surface area contributed by atoms with Crippen molar-refractivity contribution in [1.29, 1.82) is 0 Å². The quantitative estimate of drug-likeness (QED) is 0.799. The Morgan fingerprint density at radius 2 is 2.22 bits per heavy atom. The van der Waals surface area contributed by atoms with Crippen LogP contribution in [0.4, 0.5) is 5.69 Å². The van der Waals surface area contributed by atoms with Crippen LogP contribution in [0.3, 0.4) is 0 Å². The van der Waals surface area contributed by atoms with Crippen molar-refractivity contribution in [3.63, 3.8) is 0 Å². The third-order valence-corrected chi connectivity index (χ3v) is 3.58. The minimum Gasteiger partial charge on any atom is -0.371 e. The summed E-state index contributed by atoms with van der Waals surface area (Å²) < 4.78 is 0. The third-order valence-electron chi connectivity index (χ3n) is 3.58. The first-order chi connectivity index (χ1) is 8.88. The Morgan fingerprint density at radius 1 is 1.39 bits per heavy atom. The summed E-state index contributed by atoms with van der Waals surface area (Å²) in [4.78, 5) is 20.2. The van der Waals surface area contributed by atoms with Crippen LogP contribution in [0.15, 0.2) is 24.5 Å². The number of H-pyrrole nitrogens is 1. The molecule has 0 aromatic carbocycles. The second-order valence-corrected chi connectivity index (χ2v) is 4.62. The lowest BCUT2D eigenvalue weighted by Crippen LogP contribution is -2.42. The van der Waals surface area contributed by atoms with E-state index in [0.29, 0.717) is 6.04 Å². The smallest absolute Gasteiger partial charge is 0.207 e. The molecule has 0 spiro atoms. The predicted molar refractivity (Wildman–Crippen MR) is 70.5 cm³/mol. The first-order valence-corrected chi connectivity index (χ1v) is 6.25. The zero-order valence-corrected chi connectivity index (χ0v) is 10.1. The van der Waals surface area contributed by atoms with E-state index in [9.17, 15) is 4.79 Å². The van der Waals surface area contributed by atoms with Gasteiger partial charge in [-0.05, 0) is 25.0 Å². The average molecular weight is 244 g/mol. The molecule has 0 unspecified atom stereocenters. The highest BCUT2D eigenvalue weighted by atomic mass is 16.1. The lowest BCUT2D eigenvalue weighted by atomic mass is 10.0. The van der Waals surface area contributed by atoms with Gasteiger partial charge in [0.05, 0.1) is 0 Å². The van der Waals surface area contributed by atoms with E-state index in [1.165, 1.54) is 11.1 Å². The molecule has 2 aromatic heterocycles. The van der Waals surface area contributed by atoms with Gasteiger partial charge in [0.2, 0.25) is 6.41 Å². The van der Waals surface area contributed by atoms with E-state index in [-0.39, 0.29) is 0 Å². The molecule has 3 heterocycles. The summed E-state index contributed by atoms with van der Waals surface area (Å²) >= 11 is 0. The number of carbonyl (C=O) groups excluding carboxylic acids is 1.